The summed E-state index contributed by atoms with van der Waals surface area (Å²) in [5, 5.41) is 28.8. The minimum atomic E-state index is -0.201. The second-order valence-corrected chi connectivity index (χ2v) is 11.4. The van der Waals surface area contributed by atoms with Crippen molar-refractivity contribution in [2.45, 2.75) is 50.8 Å². The largest absolute Gasteiger partial charge is 0.507 e. The zero-order valence-corrected chi connectivity index (χ0v) is 22.9. The molecule has 3 fully saturated rings. The molecule has 208 valence electrons. The van der Waals surface area contributed by atoms with Gasteiger partial charge in [0.05, 0.1) is 24.0 Å². The average Bonchev–Trinajstić information content (AvgIpc) is 3.09. The van der Waals surface area contributed by atoms with E-state index in [-0.39, 0.29) is 11.9 Å². The Bertz CT molecular complexity index is 1410. The summed E-state index contributed by atoms with van der Waals surface area (Å²) in [6, 6.07) is 14.0. The molecule has 3 saturated heterocycles. The number of anilines is 3. The second-order valence-electron chi connectivity index (χ2n) is 11.4. The third-order valence-electron chi connectivity index (χ3n) is 8.39. The molecule has 0 radical (unpaired) electrons. The summed E-state index contributed by atoms with van der Waals surface area (Å²) < 4.78 is 0. The maximum Gasteiger partial charge on any atom is 0.169 e. The van der Waals surface area contributed by atoms with Crippen molar-refractivity contribution >= 4 is 17.2 Å². The monoisotopic (exact) mass is 539 g/mol. The van der Waals surface area contributed by atoms with Crippen LogP contribution in [0.15, 0.2) is 48.7 Å². The summed E-state index contributed by atoms with van der Waals surface area (Å²) in [4.78, 5) is 11.7. The van der Waals surface area contributed by atoms with Crippen LogP contribution in [-0.2, 0) is 0 Å². The molecule has 4 N–H and O–H groups in total. The van der Waals surface area contributed by atoms with Crippen molar-refractivity contribution in [2.24, 2.45) is 5.92 Å². The summed E-state index contributed by atoms with van der Waals surface area (Å²) >= 11 is 0. The van der Waals surface area contributed by atoms with Gasteiger partial charge in [0.1, 0.15) is 11.4 Å². The van der Waals surface area contributed by atoms with Crippen molar-refractivity contribution in [1.29, 1.82) is 0 Å². The van der Waals surface area contributed by atoms with Gasteiger partial charge in [-0.2, -0.15) is 0 Å². The lowest BCUT2D eigenvalue weighted by molar-refractivity contribution is 0.147. The molecule has 3 aliphatic heterocycles. The number of aliphatic hydroxyl groups is 1. The molecule has 9 heteroatoms. The van der Waals surface area contributed by atoms with Crippen LogP contribution < -0.4 is 15.5 Å². The van der Waals surface area contributed by atoms with E-state index in [0.29, 0.717) is 41.6 Å². The van der Waals surface area contributed by atoms with Crippen LogP contribution in [0.3, 0.4) is 0 Å². The first-order valence-corrected chi connectivity index (χ1v) is 14.2. The molecule has 0 saturated carbocycles. The quantitative estimate of drug-likeness (QED) is 0.430. The second kappa shape index (κ2) is 11.3. The SMILES string of the molecule is CC1CC(O)CCN(CC#Cc2cc(N3C4CCC3CN(c3cc(-c5ccccc5O)nnc3N)C4)ccn2)C1. The summed E-state index contributed by atoms with van der Waals surface area (Å²) in [6.07, 6.45) is 5.55. The number of nitrogens with two attached hydrogens (primary N) is 1. The van der Waals surface area contributed by atoms with Gasteiger partial charge in [-0.05, 0) is 67.9 Å². The highest BCUT2D eigenvalue weighted by Gasteiger charge is 2.40. The molecular weight excluding hydrogens is 502 g/mol. The minimum absolute atomic E-state index is 0.175. The summed E-state index contributed by atoms with van der Waals surface area (Å²) in [6.45, 7) is 6.40. The number of piperazine rings is 1. The molecule has 0 aliphatic carbocycles. The van der Waals surface area contributed by atoms with E-state index in [9.17, 15) is 10.2 Å². The Morgan fingerprint density at radius 2 is 1.82 bits per heavy atom. The lowest BCUT2D eigenvalue weighted by atomic mass is 10.0. The van der Waals surface area contributed by atoms with E-state index >= 15 is 0 Å². The van der Waals surface area contributed by atoms with E-state index in [2.05, 4.69) is 60.8 Å². The first-order chi connectivity index (χ1) is 19.4. The van der Waals surface area contributed by atoms with Crippen LogP contribution in [-0.4, -0.2) is 81.2 Å². The number of nitrogens with zero attached hydrogens (tertiary/aromatic N) is 6. The maximum absolute atomic E-state index is 10.3. The van der Waals surface area contributed by atoms with Gasteiger partial charge >= 0.3 is 0 Å². The summed E-state index contributed by atoms with van der Waals surface area (Å²) in [5.41, 5.74) is 10.4. The topological polar surface area (TPSA) is 115 Å². The van der Waals surface area contributed by atoms with Gasteiger partial charge in [-0.1, -0.05) is 25.0 Å². The number of hydrogen-bond acceptors (Lipinski definition) is 9. The first kappa shape index (κ1) is 26.4. The number of aliphatic hydroxyl groups excluding tert-OH is 1. The third kappa shape index (κ3) is 5.55. The maximum atomic E-state index is 10.3. The number of hydrogen-bond donors (Lipinski definition) is 3. The smallest absolute Gasteiger partial charge is 0.169 e. The van der Waals surface area contributed by atoms with Gasteiger partial charge in [-0.15, -0.1) is 10.2 Å². The fraction of sp³-hybridized carbons (Fsp3) is 0.452. The lowest BCUT2D eigenvalue weighted by Crippen LogP contribution is -2.54. The van der Waals surface area contributed by atoms with Crippen LogP contribution in [0.5, 0.6) is 5.75 Å². The van der Waals surface area contributed by atoms with E-state index in [0.717, 1.165) is 68.9 Å². The number of aromatic hydroxyl groups is 1. The Kier molecular flexibility index (Phi) is 7.46. The highest BCUT2D eigenvalue weighted by Crippen LogP contribution is 2.39. The molecule has 5 heterocycles. The normalized spacial score (nSPS) is 24.9. The van der Waals surface area contributed by atoms with Crippen LogP contribution >= 0.6 is 0 Å². The number of phenols is 1. The minimum Gasteiger partial charge on any atom is -0.507 e. The summed E-state index contributed by atoms with van der Waals surface area (Å²) in [7, 11) is 0. The molecule has 40 heavy (non-hydrogen) atoms. The first-order valence-electron chi connectivity index (χ1n) is 14.2. The Hall–Kier alpha value is -3.87. The number of benzene rings is 1. The van der Waals surface area contributed by atoms with Gasteiger partial charge in [0, 0.05) is 55.7 Å². The number of nitrogen functional groups attached to an aromatic ring is 1. The fourth-order valence-corrected chi connectivity index (χ4v) is 6.54. The van der Waals surface area contributed by atoms with Crippen LogP contribution in [0, 0.1) is 17.8 Å². The zero-order valence-electron chi connectivity index (χ0n) is 22.9. The Morgan fingerprint density at radius 3 is 2.62 bits per heavy atom. The van der Waals surface area contributed by atoms with Gasteiger partial charge in [0.25, 0.3) is 0 Å². The molecule has 4 unspecified atom stereocenters. The van der Waals surface area contributed by atoms with Crippen molar-refractivity contribution < 1.29 is 10.2 Å². The molecule has 2 bridgehead atoms. The van der Waals surface area contributed by atoms with Crippen molar-refractivity contribution in [3.63, 3.8) is 0 Å². The molecule has 3 aromatic rings. The molecule has 0 amide bonds. The van der Waals surface area contributed by atoms with Gasteiger partial charge < -0.3 is 25.7 Å². The summed E-state index contributed by atoms with van der Waals surface area (Å²) in [5.74, 6) is 7.66. The Balaban J connectivity index is 1.16. The Labute approximate surface area is 235 Å². The predicted octanol–water partition coefficient (Wildman–Crippen LogP) is 3.13. The van der Waals surface area contributed by atoms with Crippen molar-refractivity contribution in [3.8, 4) is 28.8 Å². The van der Waals surface area contributed by atoms with E-state index in [1.807, 2.05) is 24.4 Å². The van der Waals surface area contributed by atoms with Crippen molar-refractivity contribution in [2.75, 3.05) is 48.3 Å². The van der Waals surface area contributed by atoms with Gasteiger partial charge in [0.2, 0.25) is 0 Å². The van der Waals surface area contributed by atoms with Crippen LogP contribution in [0.25, 0.3) is 11.3 Å². The standard InChI is InChI=1S/C31H37N7O2/c1-21-15-26(39)11-14-36(18-21)13-4-5-22-16-23(10-12-33-22)38-24-8-9-25(38)20-37(19-24)29-17-28(34-35-31(29)32)27-6-2-3-7-30(27)40/h2-3,6-7,10,12,16-17,21,24-26,39-40H,8-9,11,13-15,18-20H2,1H3,(H2,32,35). The van der Waals surface area contributed by atoms with Crippen molar-refractivity contribution in [3.05, 3.63) is 54.4 Å². The molecule has 1 aromatic carbocycles. The molecule has 0 spiro atoms. The predicted molar refractivity (Wildman–Crippen MR) is 157 cm³/mol. The Morgan fingerprint density at radius 1 is 1.02 bits per heavy atom. The molecule has 9 nitrogen and oxygen atoms in total. The zero-order chi connectivity index (χ0) is 27.6. The number of fused-ring (bicyclic) bond motifs is 2. The van der Waals surface area contributed by atoms with Crippen LogP contribution in [0.2, 0.25) is 0 Å². The average molecular weight is 540 g/mol. The van der Waals surface area contributed by atoms with E-state index in [4.69, 9.17) is 5.73 Å². The number of aromatic nitrogens is 3. The molecule has 2 aromatic heterocycles. The fourth-order valence-electron chi connectivity index (χ4n) is 6.54. The lowest BCUT2D eigenvalue weighted by Gasteiger charge is -2.43. The number of rotatable bonds is 4. The number of para-hydroxylation sites is 1. The number of pyridine rings is 1. The van der Waals surface area contributed by atoms with Crippen LogP contribution in [0.1, 0.15) is 38.3 Å². The molecule has 4 atom stereocenters. The molecule has 3 aliphatic rings. The van der Waals surface area contributed by atoms with E-state index < -0.39 is 0 Å². The highest BCUT2D eigenvalue weighted by atomic mass is 16.3. The van der Waals surface area contributed by atoms with E-state index in [1.165, 1.54) is 0 Å². The van der Waals surface area contributed by atoms with Crippen LogP contribution in [0.4, 0.5) is 17.2 Å². The van der Waals surface area contributed by atoms with Gasteiger partial charge in [0.15, 0.2) is 5.82 Å². The van der Waals surface area contributed by atoms with E-state index in [1.54, 1.807) is 12.1 Å². The third-order valence-corrected chi connectivity index (χ3v) is 8.39. The number of phenolic OH excluding ortho intramolecular Hbond substituents is 1. The molecular formula is C31H37N7O2. The van der Waals surface area contributed by atoms with Gasteiger partial charge in [-0.3, -0.25) is 4.90 Å². The number of likely N-dealkylation sites (tertiary alicyclic amines) is 1. The van der Waals surface area contributed by atoms with Crippen molar-refractivity contribution in [1.82, 2.24) is 20.1 Å². The highest BCUT2D eigenvalue weighted by molar-refractivity contribution is 5.74. The molecule has 6 rings (SSSR count). The van der Waals surface area contributed by atoms with Gasteiger partial charge in [-0.25, -0.2) is 4.98 Å².